The molecule has 0 saturated carbocycles. The first kappa shape index (κ1) is 20.0. The van der Waals surface area contributed by atoms with Gasteiger partial charge in [-0.3, -0.25) is 19.4 Å². The fourth-order valence-corrected chi connectivity index (χ4v) is 4.00. The number of carbonyl (C=O) groups excluding carboxylic acids is 3. The van der Waals surface area contributed by atoms with Crippen molar-refractivity contribution in [2.75, 3.05) is 59.5 Å². The van der Waals surface area contributed by atoms with Gasteiger partial charge in [-0.15, -0.1) is 0 Å². The summed E-state index contributed by atoms with van der Waals surface area (Å²) < 4.78 is 0. The minimum absolute atomic E-state index is 0.0387. The first-order valence-corrected chi connectivity index (χ1v) is 9.86. The van der Waals surface area contributed by atoms with Gasteiger partial charge in [0, 0.05) is 45.3 Å². The Morgan fingerprint density at radius 1 is 1.07 bits per heavy atom. The Balaban J connectivity index is 1.48. The average Bonchev–Trinajstić information content (AvgIpc) is 2.83. The molecule has 0 aromatic carbocycles. The molecule has 3 aliphatic heterocycles. The molecule has 3 saturated heterocycles. The van der Waals surface area contributed by atoms with Gasteiger partial charge in [0.2, 0.25) is 5.91 Å². The molecule has 3 rings (SSSR count). The van der Waals surface area contributed by atoms with Crippen molar-refractivity contribution in [2.24, 2.45) is 0 Å². The van der Waals surface area contributed by atoms with Crippen LogP contribution in [0.15, 0.2) is 0 Å². The van der Waals surface area contributed by atoms with Gasteiger partial charge in [-0.1, -0.05) is 0 Å². The van der Waals surface area contributed by atoms with E-state index in [4.69, 9.17) is 0 Å². The molecule has 0 bridgehead atoms. The molecule has 9 heteroatoms. The summed E-state index contributed by atoms with van der Waals surface area (Å²) in [6.07, 6.45) is 1.34. The second-order valence-corrected chi connectivity index (χ2v) is 8.31. The van der Waals surface area contributed by atoms with Crippen LogP contribution in [0.25, 0.3) is 0 Å². The third kappa shape index (κ3) is 4.59. The fraction of sp³-hybridized carbons (Fsp3) is 0.833. The monoisotopic (exact) mass is 380 g/mol. The molecule has 9 nitrogen and oxygen atoms in total. The van der Waals surface area contributed by atoms with Crippen molar-refractivity contribution < 1.29 is 14.4 Å². The predicted molar refractivity (Wildman–Crippen MR) is 101 cm³/mol. The van der Waals surface area contributed by atoms with Crippen LogP contribution in [0, 0.1) is 0 Å². The zero-order chi connectivity index (χ0) is 19.6. The van der Waals surface area contributed by atoms with E-state index in [1.54, 1.807) is 0 Å². The van der Waals surface area contributed by atoms with Crippen LogP contribution in [0.4, 0.5) is 4.79 Å². The lowest BCUT2D eigenvalue weighted by atomic mass is 9.88. The van der Waals surface area contributed by atoms with Gasteiger partial charge in [-0.25, -0.2) is 9.69 Å². The maximum atomic E-state index is 12.9. The molecule has 0 unspecified atom stereocenters. The number of urea groups is 1. The molecule has 0 aromatic heterocycles. The third-order valence-electron chi connectivity index (χ3n) is 5.71. The number of nitrogens with zero attached hydrogens (tertiary/aromatic N) is 4. The van der Waals surface area contributed by atoms with Crippen LogP contribution in [-0.2, 0) is 9.59 Å². The van der Waals surface area contributed by atoms with Gasteiger partial charge in [-0.05, 0) is 33.7 Å². The first-order chi connectivity index (χ1) is 12.8. The SMILES string of the molecule is CC(C)NC(=O)CN1CCN(CN2C(=O)NC3(CCN(C)CC3)C2=O)CC1. The molecule has 0 aliphatic carbocycles. The van der Waals surface area contributed by atoms with E-state index >= 15 is 0 Å². The van der Waals surface area contributed by atoms with E-state index in [0.717, 1.165) is 39.3 Å². The lowest BCUT2D eigenvalue weighted by Crippen LogP contribution is -2.55. The Bertz CT molecular complexity index is 580. The summed E-state index contributed by atoms with van der Waals surface area (Å²) in [5.74, 6) is -0.0453. The molecule has 27 heavy (non-hydrogen) atoms. The highest BCUT2D eigenvalue weighted by molar-refractivity contribution is 6.07. The van der Waals surface area contributed by atoms with Gasteiger partial charge in [0.15, 0.2) is 0 Å². The Morgan fingerprint density at radius 2 is 1.67 bits per heavy atom. The molecule has 0 radical (unpaired) electrons. The summed E-state index contributed by atoms with van der Waals surface area (Å²) in [6, 6.07) is -0.131. The van der Waals surface area contributed by atoms with E-state index < -0.39 is 5.54 Å². The van der Waals surface area contributed by atoms with Crippen LogP contribution in [0.5, 0.6) is 0 Å². The van der Waals surface area contributed by atoms with Crippen molar-refractivity contribution in [3.8, 4) is 0 Å². The third-order valence-corrected chi connectivity index (χ3v) is 5.71. The quantitative estimate of drug-likeness (QED) is 0.601. The van der Waals surface area contributed by atoms with Gasteiger partial charge < -0.3 is 15.5 Å². The number of imide groups is 1. The highest BCUT2D eigenvalue weighted by Crippen LogP contribution is 2.29. The van der Waals surface area contributed by atoms with Crippen molar-refractivity contribution >= 4 is 17.8 Å². The van der Waals surface area contributed by atoms with E-state index in [0.29, 0.717) is 26.1 Å². The van der Waals surface area contributed by atoms with Gasteiger partial charge >= 0.3 is 6.03 Å². The highest BCUT2D eigenvalue weighted by Gasteiger charge is 2.52. The molecule has 3 aliphatic rings. The van der Waals surface area contributed by atoms with Crippen LogP contribution in [0.3, 0.4) is 0 Å². The molecular formula is C18H32N6O3. The molecule has 2 N–H and O–H groups in total. The fourth-order valence-electron chi connectivity index (χ4n) is 4.00. The number of rotatable bonds is 5. The van der Waals surface area contributed by atoms with E-state index in [9.17, 15) is 14.4 Å². The average molecular weight is 380 g/mol. The summed E-state index contributed by atoms with van der Waals surface area (Å²) in [5.41, 5.74) is -0.708. The summed E-state index contributed by atoms with van der Waals surface area (Å²) in [6.45, 7) is 9.24. The van der Waals surface area contributed by atoms with Gasteiger partial charge in [0.25, 0.3) is 5.91 Å². The standard InChI is InChI=1S/C18H32N6O3/c1-14(2)19-15(25)12-22-8-10-23(11-9-22)13-24-16(26)18(20-17(24)27)4-6-21(3)7-5-18/h14H,4-13H2,1-3H3,(H,19,25)(H,20,27). The smallest absolute Gasteiger partial charge is 0.326 e. The highest BCUT2D eigenvalue weighted by atomic mass is 16.2. The van der Waals surface area contributed by atoms with E-state index in [-0.39, 0.29) is 23.9 Å². The van der Waals surface area contributed by atoms with Crippen LogP contribution in [0.1, 0.15) is 26.7 Å². The second-order valence-electron chi connectivity index (χ2n) is 8.31. The number of piperazine rings is 1. The number of hydrogen-bond acceptors (Lipinski definition) is 6. The van der Waals surface area contributed by atoms with Gasteiger partial charge in [-0.2, -0.15) is 0 Å². The van der Waals surface area contributed by atoms with Crippen molar-refractivity contribution in [3.05, 3.63) is 0 Å². The zero-order valence-corrected chi connectivity index (χ0v) is 16.7. The summed E-state index contributed by atoms with van der Waals surface area (Å²) >= 11 is 0. The maximum Gasteiger partial charge on any atom is 0.326 e. The van der Waals surface area contributed by atoms with E-state index in [1.165, 1.54) is 4.90 Å². The van der Waals surface area contributed by atoms with Gasteiger partial charge in [0.1, 0.15) is 5.54 Å². The minimum Gasteiger partial charge on any atom is -0.353 e. The van der Waals surface area contributed by atoms with E-state index in [2.05, 4.69) is 25.3 Å². The molecule has 3 fully saturated rings. The normalized spacial score (nSPS) is 24.7. The number of carbonyl (C=O) groups is 3. The topological polar surface area (TPSA) is 88.2 Å². The van der Waals surface area contributed by atoms with E-state index in [1.807, 2.05) is 20.9 Å². The van der Waals surface area contributed by atoms with Crippen LogP contribution in [-0.4, -0.2) is 109 Å². The predicted octanol–water partition coefficient (Wildman–Crippen LogP) is -0.898. The maximum absolute atomic E-state index is 12.9. The lowest BCUT2D eigenvalue weighted by molar-refractivity contribution is -0.134. The van der Waals surface area contributed by atoms with Crippen molar-refractivity contribution in [1.29, 1.82) is 0 Å². The summed E-state index contributed by atoms with van der Waals surface area (Å²) in [4.78, 5) is 45.0. The number of piperidine rings is 1. The van der Waals surface area contributed by atoms with Crippen LogP contribution < -0.4 is 10.6 Å². The van der Waals surface area contributed by atoms with Crippen molar-refractivity contribution in [3.63, 3.8) is 0 Å². The Labute approximate surface area is 161 Å². The minimum atomic E-state index is -0.708. The molecule has 152 valence electrons. The Morgan fingerprint density at radius 3 is 2.26 bits per heavy atom. The lowest BCUT2D eigenvalue weighted by Gasteiger charge is -2.37. The van der Waals surface area contributed by atoms with Crippen LogP contribution in [0.2, 0.25) is 0 Å². The zero-order valence-electron chi connectivity index (χ0n) is 16.7. The number of amides is 4. The number of likely N-dealkylation sites (tertiary alicyclic amines) is 1. The molecule has 1 spiro atoms. The summed E-state index contributed by atoms with van der Waals surface area (Å²) in [5, 5.41) is 5.86. The number of nitrogens with one attached hydrogen (secondary N) is 2. The largest absolute Gasteiger partial charge is 0.353 e. The second kappa shape index (κ2) is 8.12. The molecule has 4 amide bonds. The Kier molecular flexibility index (Phi) is 6.02. The van der Waals surface area contributed by atoms with Crippen LogP contribution >= 0.6 is 0 Å². The van der Waals surface area contributed by atoms with Crippen molar-refractivity contribution in [2.45, 2.75) is 38.3 Å². The molecule has 0 aromatic rings. The number of hydrogen-bond donors (Lipinski definition) is 2. The molecule has 3 heterocycles. The Hall–Kier alpha value is -1.71. The van der Waals surface area contributed by atoms with Crippen molar-refractivity contribution in [1.82, 2.24) is 30.2 Å². The molecular weight excluding hydrogens is 348 g/mol. The summed E-state index contributed by atoms with van der Waals surface area (Å²) in [7, 11) is 2.03. The first-order valence-electron chi connectivity index (χ1n) is 9.86. The van der Waals surface area contributed by atoms with Gasteiger partial charge in [0.05, 0.1) is 13.2 Å². The molecule has 0 atom stereocenters.